The Hall–Kier alpha value is -0.590. The molecule has 6 heteroatoms. The second-order valence-electron chi connectivity index (χ2n) is 4.33. The summed E-state index contributed by atoms with van der Waals surface area (Å²) in [5.41, 5.74) is 0. The number of hydrogen-bond donors (Lipinski definition) is 1. The molecular formula is C13H20BrNO3S. The summed E-state index contributed by atoms with van der Waals surface area (Å²) in [5.74, 6) is 0.982. The Kier molecular flexibility index (Phi) is 6.29. The third-order valence-corrected chi connectivity index (χ3v) is 5.19. The van der Waals surface area contributed by atoms with Crippen molar-refractivity contribution in [3.8, 4) is 5.75 Å². The van der Waals surface area contributed by atoms with Crippen molar-refractivity contribution in [1.82, 2.24) is 4.72 Å². The van der Waals surface area contributed by atoms with Gasteiger partial charge in [-0.1, -0.05) is 26.7 Å². The Bertz CT molecular complexity index is 513. The van der Waals surface area contributed by atoms with Crippen molar-refractivity contribution in [2.75, 3.05) is 13.7 Å². The molecule has 1 N–H and O–H groups in total. The highest BCUT2D eigenvalue weighted by Gasteiger charge is 2.17. The number of ether oxygens (including phenoxy) is 1. The number of methoxy groups -OCH3 is 1. The second-order valence-corrected chi connectivity index (χ2v) is 6.95. The highest BCUT2D eigenvalue weighted by atomic mass is 79.9. The van der Waals surface area contributed by atoms with Crippen LogP contribution in [0.2, 0.25) is 0 Å². The van der Waals surface area contributed by atoms with E-state index in [9.17, 15) is 8.42 Å². The first-order valence-corrected chi connectivity index (χ1v) is 8.55. The van der Waals surface area contributed by atoms with E-state index in [0.29, 0.717) is 22.7 Å². The zero-order chi connectivity index (χ0) is 14.5. The smallest absolute Gasteiger partial charge is 0.240 e. The van der Waals surface area contributed by atoms with E-state index in [-0.39, 0.29) is 4.90 Å². The summed E-state index contributed by atoms with van der Waals surface area (Å²) in [6.45, 7) is 4.60. The van der Waals surface area contributed by atoms with Crippen molar-refractivity contribution < 1.29 is 13.2 Å². The van der Waals surface area contributed by atoms with Gasteiger partial charge in [0.25, 0.3) is 0 Å². The number of sulfonamides is 1. The van der Waals surface area contributed by atoms with Gasteiger partial charge in [-0.15, -0.1) is 0 Å². The van der Waals surface area contributed by atoms with Gasteiger partial charge in [0.1, 0.15) is 5.75 Å². The molecule has 0 amide bonds. The van der Waals surface area contributed by atoms with Crippen LogP contribution in [0.15, 0.2) is 27.6 Å². The van der Waals surface area contributed by atoms with E-state index in [4.69, 9.17) is 4.74 Å². The summed E-state index contributed by atoms with van der Waals surface area (Å²) in [7, 11) is -1.92. The predicted molar refractivity (Wildman–Crippen MR) is 80.0 cm³/mol. The molecule has 0 saturated heterocycles. The molecule has 0 radical (unpaired) electrons. The Morgan fingerprint density at radius 1 is 1.32 bits per heavy atom. The zero-order valence-electron chi connectivity index (χ0n) is 11.4. The molecule has 0 atom stereocenters. The Morgan fingerprint density at radius 2 is 1.95 bits per heavy atom. The molecule has 0 saturated carbocycles. The molecule has 0 fully saturated rings. The van der Waals surface area contributed by atoms with Crippen LogP contribution in [0.5, 0.6) is 5.75 Å². The topological polar surface area (TPSA) is 55.4 Å². The maximum absolute atomic E-state index is 12.1. The van der Waals surface area contributed by atoms with E-state index >= 15 is 0 Å². The zero-order valence-corrected chi connectivity index (χ0v) is 13.8. The molecule has 0 unspecified atom stereocenters. The number of halogens is 1. The average Bonchev–Trinajstić information content (AvgIpc) is 2.39. The first-order chi connectivity index (χ1) is 8.94. The van der Waals surface area contributed by atoms with E-state index in [1.807, 2.05) is 0 Å². The summed E-state index contributed by atoms with van der Waals surface area (Å²) in [6, 6.07) is 4.72. The molecule has 0 aromatic heterocycles. The molecule has 108 valence electrons. The van der Waals surface area contributed by atoms with E-state index in [1.54, 1.807) is 25.3 Å². The SMILES string of the molecule is CCC(CC)CNS(=O)(=O)c1ccc(OC)c(Br)c1. The van der Waals surface area contributed by atoms with Crippen LogP contribution < -0.4 is 9.46 Å². The lowest BCUT2D eigenvalue weighted by atomic mass is 10.0. The highest BCUT2D eigenvalue weighted by molar-refractivity contribution is 9.10. The summed E-state index contributed by atoms with van der Waals surface area (Å²) in [6.07, 6.45) is 1.93. The molecule has 0 aliphatic carbocycles. The van der Waals surface area contributed by atoms with E-state index in [1.165, 1.54) is 0 Å². The van der Waals surface area contributed by atoms with Crippen LogP contribution in [0.3, 0.4) is 0 Å². The largest absolute Gasteiger partial charge is 0.496 e. The summed E-state index contributed by atoms with van der Waals surface area (Å²) in [4.78, 5) is 0.242. The minimum Gasteiger partial charge on any atom is -0.496 e. The fourth-order valence-electron chi connectivity index (χ4n) is 1.70. The molecule has 1 aromatic rings. The molecule has 0 heterocycles. The number of nitrogens with one attached hydrogen (secondary N) is 1. The van der Waals surface area contributed by atoms with E-state index in [2.05, 4.69) is 34.5 Å². The van der Waals surface area contributed by atoms with Crippen LogP contribution in [0.25, 0.3) is 0 Å². The van der Waals surface area contributed by atoms with Gasteiger partial charge in [-0.3, -0.25) is 0 Å². The highest BCUT2D eigenvalue weighted by Crippen LogP contribution is 2.27. The van der Waals surface area contributed by atoms with Gasteiger partial charge in [-0.25, -0.2) is 13.1 Å². The fraction of sp³-hybridized carbons (Fsp3) is 0.538. The first kappa shape index (κ1) is 16.5. The van der Waals surface area contributed by atoms with Gasteiger partial charge in [0, 0.05) is 6.54 Å². The summed E-state index contributed by atoms with van der Waals surface area (Å²) >= 11 is 3.29. The quantitative estimate of drug-likeness (QED) is 0.822. The maximum Gasteiger partial charge on any atom is 0.240 e. The van der Waals surface area contributed by atoms with Crippen molar-refractivity contribution >= 4 is 26.0 Å². The summed E-state index contributed by atoms with van der Waals surface area (Å²) < 4.78 is 32.7. The molecule has 4 nitrogen and oxygen atoms in total. The number of rotatable bonds is 7. The van der Waals surface area contributed by atoms with Crippen molar-refractivity contribution in [3.63, 3.8) is 0 Å². The van der Waals surface area contributed by atoms with Crippen molar-refractivity contribution in [1.29, 1.82) is 0 Å². The predicted octanol–water partition coefficient (Wildman–Crippen LogP) is 3.17. The van der Waals surface area contributed by atoms with Crippen LogP contribution in [-0.4, -0.2) is 22.1 Å². The second kappa shape index (κ2) is 7.26. The Balaban J connectivity index is 2.85. The van der Waals surface area contributed by atoms with Crippen molar-refractivity contribution in [2.24, 2.45) is 5.92 Å². The van der Waals surface area contributed by atoms with Crippen molar-refractivity contribution in [3.05, 3.63) is 22.7 Å². The fourth-order valence-corrected chi connectivity index (χ4v) is 3.54. The molecule has 1 rings (SSSR count). The molecule has 0 aliphatic heterocycles. The lowest BCUT2D eigenvalue weighted by molar-refractivity contribution is 0.411. The van der Waals surface area contributed by atoms with Gasteiger partial charge in [-0.05, 0) is 40.0 Å². The van der Waals surface area contributed by atoms with Crippen molar-refractivity contribution in [2.45, 2.75) is 31.6 Å². The van der Waals surface area contributed by atoms with Crippen LogP contribution >= 0.6 is 15.9 Å². The van der Waals surface area contributed by atoms with E-state index in [0.717, 1.165) is 12.8 Å². The monoisotopic (exact) mass is 349 g/mol. The van der Waals surface area contributed by atoms with Crippen LogP contribution in [0.1, 0.15) is 26.7 Å². The molecule has 1 aromatic carbocycles. The van der Waals surface area contributed by atoms with E-state index < -0.39 is 10.0 Å². The third-order valence-electron chi connectivity index (χ3n) is 3.15. The first-order valence-electron chi connectivity index (χ1n) is 6.27. The lowest BCUT2D eigenvalue weighted by Crippen LogP contribution is -2.29. The van der Waals surface area contributed by atoms with Gasteiger partial charge in [0.15, 0.2) is 0 Å². The lowest BCUT2D eigenvalue weighted by Gasteiger charge is -2.14. The van der Waals surface area contributed by atoms with Gasteiger partial charge >= 0.3 is 0 Å². The van der Waals surface area contributed by atoms with Crippen LogP contribution in [0, 0.1) is 5.92 Å². The molecule has 0 bridgehead atoms. The Morgan fingerprint density at radius 3 is 2.42 bits per heavy atom. The molecule has 19 heavy (non-hydrogen) atoms. The molecule has 0 aliphatic rings. The van der Waals surface area contributed by atoms with Gasteiger partial charge in [-0.2, -0.15) is 0 Å². The number of hydrogen-bond acceptors (Lipinski definition) is 3. The maximum atomic E-state index is 12.1. The van der Waals surface area contributed by atoms with Gasteiger partial charge in [0.05, 0.1) is 16.5 Å². The van der Waals surface area contributed by atoms with Gasteiger partial charge in [0.2, 0.25) is 10.0 Å². The average molecular weight is 350 g/mol. The number of benzene rings is 1. The normalized spacial score (nSPS) is 11.8. The third kappa shape index (κ3) is 4.47. The standard InChI is InChI=1S/C13H20BrNO3S/c1-4-10(5-2)9-15-19(16,17)11-6-7-13(18-3)12(14)8-11/h6-8,10,15H,4-5,9H2,1-3H3. The Labute approximate surface area is 123 Å². The van der Waals surface area contributed by atoms with Crippen LogP contribution in [0.4, 0.5) is 0 Å². The minimum atomic E-state index is -3.46. The summed E-state index contributed by atoms with van der Waals surface area (Å²) in [5, 5.41) is 0. The van der Waals surface area contributed by atoms with Gasteiger partial charge < -0.3 is 4.74 Å². The molecular weight excluding hydrogens is 330 g/mol. The van der Waals surface area contributed by atoms with Crippen LogP contribution in [-0.2, 0) is 10.0 Å². The minimum absolute atomic E-state index is 0.242. The molecule has 0 spiro atoms.